The summed E-state index contributed by atoms with van der Waals surface area (Å²) in [5.41, 5.74) is 0. The zero-order valence-corrected chi connectivity index (χ0v) is 13.8. The van der Waals surface area contributed by atoms with Crippen molar-refractivity contribution in [2.45, 2.75) is 59.6 Å². The summed E-state index contributed by atoms with van der Waals surface area (Å²) in [5.74, 6) is 2.07. The first-order valence-corrected chi connectivity index (χ1v) is 7.92. The van der Waals surface area contributed by atoms with Gasteiger partial charge in [0.05, 0.1) is 6.10 Å². The van der Waals surface area contributed by atoms with Gasteiger partial charge in [0.25, 0.3) is 0 Å². The highest BCUT2D eigenvalue weighted by atomic mass is 16.5. The van der Waals surface area contributed by atoms with E-state index in [1.165, 1.54) is 12.8 Å². The van der Waals surface area contributed by atoms with E-state index in [1.807, 2.05) is 20.8 Å². The van der Waals surface area contributed by atoms with Gasteiger partial charge in [-0.25, -0.2) is 0 Å². The first-order chi connectivity index (χ1) is 9.99. The second kappa shape index (κ2) is 6.91. The summed E-state index contributed by atoms with van der Waals surface area (Å²) in [4.78, 5) is 15.6. The fourth-order valence-corrected chi connectivity index (χ4v) is 2.68. The maximum Gasteiger partial charge on any atom is 0.323 e. The molecule has 2 unspecified atom stereocenters. The zero-order valence-electron chi connectivity index (χ0n) is 13.8. The Morgan fingerprint density at radius 2 is 2.05 bits per heavy atom. The highest BCUT2D eigenvalue weighted by Crippen LogP contribution is 2.26. The highest BCUT2D eigenvalue weighted by molar-refractivity contribution is 5.39. The Bertz CT molecular complexity index is 465. The second-order valence-corrected chi connectivity index (χ2v) is 6.11. The molecule has 118 valence electrons. The standard InChI is InChI=1S/C15H27N5O/c1-6-16-13-17-14(19-15(18-13)21-10(2)3)20-8-7-11(4)9-12(20)5/h10-12H,6-9H2,1-5H3,(H,16,17,18,19). The molecule has 0 amide bonds. The third-order valence-corrected chi connectivity index (χ3v) is 3.67. The van der Waals surface area contributed by atoms with Crippen molar-refractivity contribution >= 4 is 11.9 Å². The Kier molecular flexibility index (Phi) is 5.20. The molecule has 0 saturated carbocycles. The van der Waals surface area contributed by atoms with E-state index in [9.17, 15) is 0 Å². The van der Waals surface area contributed by atoms with Crippen molar-refractivity contribution in [3.8, 4) is 6.01 Å². The Morgan fingerprint density at radius 3 is 2.67 bits per heavy atom. The predicted octanol–water partition coefficient (Wildman–Crippen LogP) is 2.72. The third-order valence-electron chi connectivity index (χ3n) is 3.67. The van der Waals surface area contributed by atoms with Crippen LogP contribution in [0.2, 0.25) is 0 Å². The van der Waals surface area contributed by atoms with Crippen molar-refractivity contribution in [2.75, 3.05) is 23.3 Å². The largest absolute Gasteiger partial charge is 0.461 e. The topological polar surface area (TPSA) is 63.2 Å². The number of piperidine rings is 1. The Morgan fingerprint density at radius 1 is 1.29 bits per heavy atom. The van der Waals surface area contributed by atoms with Gasteiger partial charge in [-0.1, -0.05) is 6.92 Å². The molecule has 1 N–H and O–H groups in total. The van der Waals surface area contributed by atoms with Crippen LogP contribution < -0.4 is 15.0 Å². The fourth-order valence-electron chi connectivity index (χ4n) is 2.68. The monoisotopic (exact) mass is 293 g/mol. The van der Waals surface area contributed by atoms with Crippen molar-refractivity contribution in [3.05, 3.63) is 0 Å². The maximum absolute atomic E-state index is 5.66. The summed E-state index contributed by atoms with van der Waals surface area (Å²) in [5, 5.41) is 3.16. The molecule has 0 aliphatic carbocycles. The van der Waals surface area contributed by atoms with Gasteiger partial charge in [-0.15, -0.1) is 0 Å². The number of hydrogen-bond donors (Lipinski definition) is 1. The van der Waals surface area contributed by atoms with Gasteiger partial charge in [-0.05, 0) is 46.5 Å². The first kappa shape index (κ1) is 15.8. The van der Waals surface area contributed by atoms with Crippen LogP contribution >= 0.6 is 0 Å². The molecule has 0 spiro atoms. The summed E-state index contributed by atoms with van der Waals surface area (Å²) >= 11 is 0. The highest BCUT2D eigenvalue weighted by Gasteiger charge is 2.26. The quantitative estimate of drug-likeness (QED) is 0.900. The second-order valence-electron chi connectivity index (χ2n) is 6.11. The molecule has 2 heterocycles. The molecule has 1 fully saturated rings. The third kappa shape index (κ3) is 4.19. The van der Waals surface area contributed by atoms with Crippen molar-refractivity contribution in [1.29, 1.82) is 0 Å². The number of aromatic nitrogens is 3. The van der Waals surface area contributed by atoms with Crippen LogP contribution in [0.5, 0.6) is 6.01 Å². The summed E-state index contributed by atoms with van der Waals surface area (Å²) in [6, 6.07) is 0.842. The number of nitrogens with one attached hydrogen (secondary N) is 1. The SMILES string of the molecule is CCNc1nc(OC(C)C)nc(N2CCC(C)CC2C)n1. The van der Waals surface area contributed by atoms with Crippen molar-refractivity contribution in [2.24, 2.45) is 5.92 Å². The fraction of sp³-hybridized carbons (Fsp3) is 0.800. The van der Waals surface area contributed by atoms with E-state index in [0.717, 1.165) is 25.0 Å². The number of nitrogens with zero attached hydrogens (tertiary/aromatic N) is 4. The summed E-state index contributed by atoms with van der Waals surface area (Å²) < 4.78 is 5.66. The van der Waals surface area contributed by atoms with Crippen LogP contribution in [-0.4, -0.2) is 40.2 Å². The average Bonchev–Trinajstić information content (AvgIpc) is 2.37. The Hall–Kier alpha value is -1.59. The molecule has 1 aliphatic heterocycles. The molecule has 1 aliphatic rings. The van der Waals surface area contributed by atoms with Gasteiger partial charge >= 0.3 is 6.01 Å². The van der Waals surface area contributed by atoms with Crippen molar-refractivity contribution in [3.63, 3.8) is 0 Å². The van der Waals surface area contributed by atoms with Crippen LogP contribution in [0, 0.1) is 5.92 Å². The zero-order chi connectivity index (χ0) is 15.4. The van der Waals surface area contributed by atoms with Gasteiger partial charge in [-0.2, -0.15) is 15.0 Å². The molecule has 1 aromatic rings. The number of anilines is 2. The van der Waals surface area contributed by atoms with Crippen molar-refractivity contribution < 1.29 is 4.74 Å². The van der Waals surface area contributed by atoms with Gasteiger partial charge in [-0.3, -0.25) is 0 Å². The molecule has 1 aromatic heterocycles. The summed E-state index contributed by atoms with van der Waals surface area (Å²) in [7, 11) is 0. The van der Waals surface area contributed by atoms with Crippen LogP contribution in [0.1, 0.15) is 47.5 Å². The van der Waals surface area contributed by atoms with E-state index < -0.39 is 0 Å². The van der Waals surface area contributed by atoms with E-state index in [0.29, 0.717) is 18.0 Å². The summed E-state index contributed by atoms with van der Waals surface area (Å²) in [6.45, 7) is 12.3. The minimum atomic E-state index is 0.0496. The average molecular weight is 293 g/mol. The lowest BCUT2D eigenvalue weighted by Gasteiger charge is -2.36. The molecular formula is C15H27N5O. The van der Waals surface area contributed by atoms with E-state index in [-0.39, 0.29) is 6.10 Å². The molecular weight excluding hydrogens is 266 g/mol. The first-order valence-electron chi connectivity index (χ1n) is 7.92. The van der Waals surface area contributed by atoms with Crippen LogP contribution in [0.3, 0.4) is 0 Å². The molecule has 0 bridgehead atoms. The molecule has 0 radical (unpaired) electrons. The van der Waals surface area contributed by atoms with E-state index in [1.54, 1.807) is 0 Å². The van der Waals surface area contributed by atoms with Crippen LogP contribution in [0.15, 0.2) is 0 Å². The minimum Gasteiger partial charge on any atom is -0.461 e. The number of rotatable bonds is 5. The van der Waals surface area contributed by atoms with E-state index in [2.05, 4.69) is 39.0 Å². The number of ether oxygens (including phenoxy) is 1. The Balaban J connectivity index is 2.26. The molecule has 2 rings (SSSR count). The van der Waals surface area contributed by atoms with Gasteiger partial charge in [0.2, 0.25) is 11.9 Å². The normalized spacial score (nSPS) is 22.5. The van der Waals surface area contributed by atoms with Gasteiger partial charge in [0, 0.05) is 19.1 Å². The van der Waals surface area contributed by atoms with Crippen molar-refractivity contribution in [1.82, 2.24) is 15.0 Å². The van der Waals surface area contributed by atoms with E-state index in [4.69, 9.17) is 4.74 Å². The number of hydrogen-bond acceptors (Lipinski definition) is 6. The smallest absolute Gasteiger partial charge is 0.323 e. The van der Waals surface area contributed by atoms with Crippen LogP contribution in [-0.2, 0) is 0 Å². The lowest BCUT2D eigenvalue weighted by molar-refractivity contribution is 0.221. The molecule has 0 aromatic carbocycles. The van der Waals surface area contributed by atoms with Crippen LogP contribution in [0.4, 0.5) is 11.9 Å². The molecule has 2 atom stereocenters. The molecule has 6 heteroatoms. The van der Waals surface area contributed by atoms with Crippen LogP contribution in [0.25, 0.3) is 0 Å². The predicted molar refractivity (Wildman–Crippen MR) is 85.0 cm³/mol. The lowest BCUT2D eigenvalue weighted by atomic mass is 9.94. The molecule has 1 saturated heterocycles. The van der Waals surface area contributed by atoms with Gasteiger partial charge < -0.3 is 15.0 Å². The lowest BCUT2D eigenvalue weighted by Crippen LogP contribution is -2.41. The molecule has 21 heavy (non-hydrogen) atoms. The maximum atomic E-state index is 5.66. The Labute approximate surface area is 127 Å². The summed E-state index contributed by atoms with van der Waals surface area (Å²) in [6.07, 6.45) is 2.39. The molecule has 6 nitrogen and oxygen atoms in total. The van der Waals surface area contributed by atoms with E-state index >= 15 is 0 Å². The van der Waals surface area contributed by atoms with Gasteiger partial charge in [0.15, 0.2) is 0 Å². The minimum absolute atomic E-state index is 0.0496. The van der Waals surface area contributed by atoms with Gasteiger partial charge in [0.1, 0.15) is 0 Å².